The van der Waals surface area contributed by atoms with E-state index in [1.54, 1.807) is 0 Å². The summed E-state index contributed by atoms with van der Waals surface area (Å²) in [7, 11) is 5.48. The fourth-order valence-corrected chi connectivity index (χ4v) is 0.427. The lowest BCUT2D eigenvalue weighted by Crippen LogP contribution is -2.16. The van der Waals surface area contributed by atoms with E-state index in [0.717, 1.165) is 6.54 Å². The van der Waals surface area contributed by atoms with Crippen molar-refractivity contribution in [2.24, 2.45) is 0 Å². The number of hydrogen-bond acceptors (Lipinski definition) is 3. The molecule has 0 radical (unpaired) electrons. The number of rotatable bonds is 3. The number of nitrogens with one attached hydrogen (secondary N) is 1. The van der Waals surface area contributed by atoms with Crippen LogP contribution in [0, 0.1) is 5.41 Å². The fourth-order valence-electron chi connectivity index (χ4n) is 0.427. The molecule has 0 heterocycles. The summed E-state index contributed by atoms with van der Waals surface area (Å²) in [4.78, 5) is 2.02. The molecule has 0 unspecified atom stereocenters. The van der Waals surface area contributed by atoms with Crippen LogP contribution in [0.5, 0.6) is 0 Å². The van der Waals surface area contributed by atoms with Crippen molar-refractivity contribution < 1.29 is 4.74 Å². The van der Waals surface area contributed by atoms with Gasteiger partial charge in [-0.05, 0) is 14.1 Å². The van der Waals surface area contributed by atoms with E-state index in [1.807, 2.05) is 19.0 Å². The maximum absolute atomic E-state index is 7.08. The van der Waals surface area contributed by atoms with Crippen molar-refractivity contribution in [2.45, 2.75) is 6.42 Å². The van der Waals surface area contributed by atoms with Crippen LogP contribution in [0.2, 0.25) is 0 Å². The molecule has 1 N–H and O–H groups in total. The van der Waals surface area contributed by atoms with Crippen LogP contribution in [0.1, 0.15) is 6.42 Å². The molecule has 0 aromatic heterocycles. The average Bonchev–Trinajstić information content (AvgIpc) is 1.83. The normalized spacial score (nSPS) is 9.78. The van der Waals surface area contributed by atoms with Gasteiger partial charge in [0.05, 0.1) is 7.11 Å². The van der Waals surface area contributed by atoms with Crippen molar-refractivity contribution in [3.05, 3.63) is 0 Å². The molecule has 9 heavy (non-hydrogen) atoms. The second-order valence-electron chi connectivity index (χ2n) is 2.18. The Hall–Kier alpha value is -0.570. The van der Waals surface area contributed by atoms with Crippen molar-refractivity contribution in [2.75, 3.05) is 27.7 Å². The Kier molecular flexibility index (Phi) is 4.05. The van der Waals surface area contributed by atoms with Crippen molar-refractivity contribution in [1.29, 1.82) is 5.41 Å². The largest absolute Gasteiger partial charge is 0.484 e. The van der Waals surface area contributed by atoms with Gasteiger partial charge in [0.15, 0.2) is 5.90 Å². The first kappa shape index (κ1) is 8.43. The van der Waals surface area contributed by atoms with Gasteiger partial charge in [-0.15, -0.1) is 0 Å². The van der Waals surface area contributed by atoms with Crippen LogP contribution >= 0.6 is 0 Å². The van der Waals surface area contributed by atoms with Crippen LogP contribution < -0.4 is 0 Å². The highest BCUT2D eigenvalue weighted by atomic mass is 16.5. The smallest absolute Gasteiger partial charge is 0.181 e. The molecule has 0 amide bonds. The minimum atomic E-state index is 0.351. The molecule has 3 heteroatoms. The predicted octanol–water partition coefficient (Wildman–Crippen LogP) is 0.562. The van der Waals surface area contributed by atoms with Gasteiger partial charge in [0.1, 0.15) is 0 Å². The number of ether oxygens (including phenoxy) is 1. The maximum atomic E-state index is 7.08. The summed E-state index contributed by atoms with van der Waals surface area (Å²) in [6.45, 7) is 0.882. The summed E-state index contributed by atoms with van der Waals surface area (Å²) in [5.41, 5.74) is 0. The predicted molar refractivity (Wildman–Crippen MR) is 37.9 cm³/mol. The van der Waals surface area contributed by atoms with Crippen molar-refractivity contribution in [3.63, 3.8) is 0 Å². The molecule has 3 nitrogen and oxygen atoms in total. The maximum Gasteiger partial charge on any atom is 0.181 e. The minimum Gasteiger partial charge on any atom is -0.484 e. The standard InChI is InChI=1S/C6H14N2O/c1-8(2)5-4-6(7)9-3/h7H,4-5H2,1-3H3. The molecule has 54 valence electrons. The first-order chi connectivity index (χ1) is 4.16. The van der Waals surface area contributed by atoms with E-state index in [9.17, 15) is 0 Å². The van der Waals surface area contributed by atoms with Crippen molar-refractivity contribution in [3.8, 4) is 0 Å². The van der Waals surface area contributed by atoms with Crippen LogP contribution in [0.25, 0.3) is 0 Å². The second-order valence-corrected chi connectivity index (χ2v) is 2.18. The zero-order valence-corrected chi connectivity index (χ0v) is 6.27. The Labute approximate surface area is 56.1 Å². The summed E-state index contributed by atoms with van der Waals surface area (Å²) in [6, 6.07) is 0. The molecule has 0 aliphatic rings. The summed E-state index contributed by atoms with van der Waals surface area (Å²) in [5, 5.41) is 7.08. The molecule has 0 aromatic carbocycles. The minimum absolute atomic E-state index is 0.351. The van der Waals surface area contributed by atoms with E-state index in [1.165, 1.54) is 7.11 Å². The monoisotopic (exact) mass is 130 g/mol. The lowest BCUT2D eigenvalue weighted by molar-refractivity contribution is 0.360. The van der Waals surface area contributed by atoms with Gasteiger partial charge < -0.3 is 9.64 Å². The molecule has 0 aliphatic heterocycles. The third-order valence-electron chi connectivity index (χ3n) is 1.03. The molecule has 0 atom stereocenters. The van der Waals surface area contributed by atoms with Gasteiger partial charge in [-0.3, -0.25) is 5.41 Å². The quantitative estimate of drug-likeness (QED) is 0.447. The van der Waals surface area contributed by atoms with E-state index in [2.05, 4.69) is 4.74 Å². The van der Waals surface area contributed by atoms with E-state index in [0.29, 0.717) is 12.3 Å². The van der Waals surface area contributed by atoms with Gasteiger partial charge in [-0.1, -0.05) is 0 Å². The Morgan fingerprint density at radius 2 is 2.11 bits per heavy atom. The highest BCUT2D eigenvalue weighted by molar-refractivity contribution is 5.72. The molecular formula is C6H14N2O. The van der Waals surface area contributed by atoms with Crippen LogP contribution in [-0.2, 0) is 4.74 Å². The Bertz CT molecular complexity index is 91.1. The molecule has 0 aromatic rings. The molecule has 0 spiro atoms. The van der Waals surface area contributed by atoms with Gasteiger partial charge >= 0.3 is 0 Å². The van der Waals surface area contributed by atoms with Gasteiger partial charge in [-0.25, -0.2) is 0 Å². The third-order valence-corrected chi connectivity index (χ3v) is 1.03. The lowest BCUT2D eigenvalue weighted by Gasteiger charge is -2.08. The van der Waals surface area contributed by atoms with Crippen LogP contribution in [0.15, 0.2) is 0 Å². The van der Waals surface area contributed by atoms with Gasteiger partial charge in [0.25, 0.3) is 0 Å². The van der Waals surface area contributed by atoms with Crippen molar-refractivity contribution >= 4 is 5.90 Å². The third kappa shape index (κ3) is 5.30. The van der Waals surface area contributed by atoms with Gasteiger partial charge in [0, 0.05) is 13.0 Å². The zero-order chi connectivity index (χ0) is 7.28. The molecule has 0 rings (SSSR count). The Morgan fingerprint density at radius 1 is 1.56 bits per heavy atom. The fraction of sp³-hybridized carbons (Fsp3) is 0.833. The highest BCUT2D eigenvalue weighted by Gasteiger charge is 1.94. The van der Waals surface area contributed by atoms with E-state index >= 15 is 0 Å². The lowest BCUT2D eigenvalue weighted by atomic mass is 10.4. The average molecular weight is 130 g/mol. The summed E-state index contributed by atoms with van der Waals surface area (Å²) < 4.78 is 4.66. The Balaban J connectivity index is 3.17. The SMILES string of the molecule is COC(=N)CCN(C)C. The van der Waals surface area contributed by atoms with Crippen LogP contribution in [0.4, 0.5) is 0 Å². The van der Waals surface area contributed by atoms with Gasteiger partial charge in [0.2, 0.25) is 0 Å². The highest BCUT2D eigenvalue weighted by Crippen LogP contribution is 1.85. The first-order valence-electron chi connectivity index (χ1n) is 2.93. The molecule has 0 fully saturated rings. The van der Waals surface area contributed by atoms with Crippen molar-refractivity contribution in [1.82, 2.24) is 4.90 Å². The first-order valence-corrected chi connectivity index (χ1v) is 2.93. The second kappa shape index (κ2) is 4.32. The summed E-state index contributed by atoms with van der Waals surface area (Å²) in [6.07, 6.45) is 0.698. The molecule has 0 bridgehead atoms. The van der Waals surface area contributed by atoms with Gasteiger partial charge in [-0.2, -0.15) is 0 Å². The number of methoxy groups -OCH3 is 1. The number of nitrogens with zero attached hydrogens (tertiary/aromatic N) is 1. The van der Waals surface area contributed by atoms with E-state index in [-0.39, 0.29) is 0 Å². The molecular weight excluding hydrogens is 116 g/mol. The summed E-state index contributed by atoms with van der Waals surface area (Å²) in [5.74, 6) is 0.351. The Morgan fingerprint density at radius 3 is 2.44 bits per heavy atom. The molecule has 0 aliphatic carbocycles. The summed E-state index contributed by atoms with van der Waals surface area (Å²) >= 11 is 0. The topological polar surface area (TPSA) is 36.3 Å². The van der Waals surface area contributed by atoms with Crippen LogP contribution in [0.3, 0.4) is 0 Å². The van der Waals surface area contributed by atoms with Crippen LogP contribution in [-0.4, -0.2) is 38.5 Å². The van der Waals surface area contributed by atoms with E-state index < -0.39 is 0 Å². The molecule has 0 saturated carbocycles. The molecule has 0 saturated heterocycles. The zero-order valence-electron chi connectivity index (χ0n) is 6.27. The van der Waals surface area contributed by atoms with E-state index in [4.69, 9.17) is 5.41 Å². The number of hydrogen-bond donors (Lipinski definition) is 1.